The lowest BCUT2D eigenvalue weighted by atomic mass is 10.3. The Balaban J connectivity index is 1.54. The average molecular weight is 528 g/mol. The Morgan fingerprint density at radius 2 is 1.78 bits per heavy atom. The molecule has 12 heteroatoms. The minimum absolute atomic E-state index is 0.144. The molecule has 0 unspecified atom stereocenters. The van der Waals surface area contributed by atoms with Crippen molar-refractivity contribution in [2.75, 3.05) is 43.9 Å². The van der Waals surface area contributed by atoms with Crippen molar-refractivity contribution in [3.05, 3.63) is 64.8 Å². The second kappa shape index (κ2) is 11.4. The van der Waals surface area contributed by atoms with E-state index in [-0.39, 0.29) is 11.0 Å². The number of guanidine groups is 1. The second-order valence-electron chi connectivity index (χ2n) is 8.07. The van der Waals surface area contributed by atoms with Gasteiger partial charge in [-0.25, -0.2) is 9.97 Å². The highest BCUT2D eigenvalue weighted by molar-refractivity contribution is 7.80. The van der Waals surface area contributed by atoms with E-state index in [0.717, 1.165) is 11.4 Å². The van der Waals surface area contributed by atoms with Crippen molar-refractivity contribution in [3.63, 3.8) is 0 Å². The normalized spacial score (nSPS) is 13.9. The fraction of sp³-hybridized carbons (Fsp3) is 0.292. The molecule has 4 rings (SSSR count). The Bertz CT molecular complexity index is 1250. The molecule has 1 aliphatic heterocycles. The lowest BCUT2D eigenvalue weighted by molar-refractivity contribution is 0.0660. The monoisotopic (exact) mass is 527 g/mol. The molecular formula is C24H26ClN7O3S. The van der Waals surface area contributed by atoms with Crippen LogP contribution in [0, 0.1) is 13.8 Å². The van der Waals surface area contributed by atoms with E-state index in [0.29, 0.717) is 60.3 Å². The molecule has 10 nitrogen and oxygen atoms in total. The Kier molecular flexibility index (Phi) is 8.01. The summed E-state index contributed by atoms with van der Waals surface area (Å²) in [6.45, 7) is 5.80. The first-order valence-electron chi connectivity index (χ1n) is 11.2. The highest BCUT2D eigenvalue weighted by atomic mass is 35.5. The number of methoxy groups -OCH3 is 1. The van der Waals surface area contributed by atoms with Gasteiger partial charge >= 0.3 is 0 Å². The van der Waals surface area contributed by atoms with Crippen LogP contribution in [0.4, 0.5) is 11.6 Å². The first kappa shape index (κ1) is 25.4. The number of amides is 1. The van der Waals surface area contributed by atoms with Crippen molar-refractivity contribution in [1.29, 1.82) is 0 Å². The molecule has 1 aromatic carbocycles. The number of hydrogen-bond acceptors (Lipinski definition) is 6. The van der Waals surface area contributed by atoms with Crippen LogP contribution in [-0.4, -0.2) is 70.0 Å². The third kappa shape index (κ3) is 6.29. The fourth-order valence-electron chi connectivity index (χ4n) is 3.75. The number of furan rings is 1. The second-order valence-corrected chi connectivity index (χ2v) is 8.89. The van der Waals surface area contributed by atoms with Gasteiger partial charge in [0.15, 0.2) is 5.76 Å². The van der Waals surface area contributed by atoms with E-state index in [4.69, 9.17) is 33.0 Å². The van der Waals surface area contributed by atoms with Gasteiger partial charge < -0.3 is 24.3 Å². The molecule has 1 fully saturated rings. The molecule has 0 aliphatic carbocycles. The maximum atomic E-state index is 12.7. The summed E-state index contributed by atoms with van der Waals surface area (Å²) in [5.74, 6) is 1.62. The number of thiocarbonyl (C=S) groups is 1. The van der Waals surface area contributed by atoms with Crippen LogP contribution in [0.1, 0.15) is 21.9 Å². The SMILES string of the molecule is COc1ccc(Cl)cc1NC(=S)/N=C(/Nc1nc(C)cc(C)n1)N1CCN(C(=O)c2ccco2)CC1. The van der Waals surface area contributed by atoms with Crippen molar-refractivity contribution >= 4 is 52.4 Å². The molecule has 1 aliphatic rings. The zero-order valence-corrected chi connectivity index (χ0v) is 21.7. The first-order chi connectivity index (χ1) is 17.3. The van der Waals surface area contributed by atoms with Crippen LogP contribution in [0.25, 0.3) is 0 Å². The molecule has 0 radical (unpaired) electrons. The van der Waals surface area contributed by atoms with E-state index in [9.17, 15) is 4.79 Å². The summed E-state index contributed by atoms with van der Waals surface area (Å²) in [7, 11) is 1.56. The van der Waals surface area contributed by atoms with E-state index in [1.54, 1.807) is 42.3 Å². The number of carbonyl (C=O) groups excluding carboxylic acids is 1. The zero-order valence-electron chi connectivity index (χ0n) is 20.1. The van der Waals surface area contributed by atoms with Gasteiger partial charge in [-0.1, -0.05) is 11.6 Å². The lowest BCUT2D eigenvalue weighted by Crippen LogP contribution is -2.52. The number of benzene rings is 1. The van der Waals surface area contributed by atoms with Crippen molar-refractivity contribution < 1.29 is 13.9 Å². The molecule has 36 heavy (non-hydrogen) atoms. The Labute approximate surface area is 219 Å². The number of nitrogens with zero attached hydrogens (tertiary/aromatic N) is 5. The molecule has 3 aromatic rings. The van der Waals surface area contributed by atoms with Crippen LogP contribution < -0.4 is 15.4 Å². The summed E-state index contributed by atoms with van der Waals surface area (Å²) in [5, 5.41) is 7.00. The largest absolute Gasteiger partial charge is 0.495 e. The van der Waals surface area contributed by atoms with Gasteiger partial charge in [0.2, 0.25) is 17.0 Å². The third-order valence-electron chi connectivity index (χ3n) is 5.41. The number of nitrogens with one attached hydrogen (secondary N) is 2. The number of aliphatic imine (C=N–C) groups is 1. The molecule has 0 saturated carbocycles. The third-order valence-corrected chi connectivity index (χ3v) is 5.84. The van der Waals surface area contributed by atoms with Crippen molar-refractivity contribution in [1.82, 2.24) is 19.8 Å². The molecule has 0 bridgehead atoms. The minimum Gasteiger partial charge on any atom is -0.495 e. The van der Waals surface area contributed by atoms with Gasteiger partial charge in [-0.05, 0) is 62.5 Å². The van der Waals surface area contributed by atoms with E-state index in [1.807, 2.05) is 24.8 Å². The Morgan fingerprint density at radius 1 is 1.08 bits per heavy atom. The van der Waals surface area contributed by atoms with E-state index >= 15 is 0 Å². The summed E-state index contributed by atoms with van der Waals surface area (Å²) in [6, 6.07) is 10.4. The molecule has 3 heterocycles. The average Bonchev–Trinajstić information content (AvgIpc) is 3.38. The van der Waals surface area contributed by atoms with Gasteiger partial charge in [0, 0.05) is 42.6 Å². The van der Waals surface area contributed by atoms with Crippen molar-refractivity contribution in [3.8, 4) is 5.75 Å². The van der Waals surface area contributed by atoms with Gasteiger partial charge in [0.25, 0.3) is 5.91 Å². The zero-order chi connectivity index (χ0) is 25.7. The number of halogens is 1. The maximum absolute atomic E-state index is 12.7. The smallest absolute Gasteiger partial charge is 0.289 e. The molecule has 188 valence electrons. The van der Waals surface area contributed by atoms with Gasteiger partial charge in [-0.15, -0.1) is 0 Å². The number of aryl methyl sites for hydroxylation is 2. The summed E-state index contributed by atoms with van der Waals surface area (Å²) in [6.07, 6.45) is 1.49. The van der Waals surface area contributed by atoms with E-state index < -0.39 is 0 Å². The molecule has 1 saturated heterocycles. The first-order valence-corrected chi connectivity index (χ1v) is 12.0. The van der Waals surface area contributed by atoms with Crippen LogP contribution in [0.3, 0.4) is 0 Å². The van der Waals surface area contributed by atoms with Gasteiger partial charge in [0.05, 0.1) is 19.1 Å². The standard InChI is InChI=1S/C24H26ClN7O3S/c1-15-13-16(2)27-22(26-15)29-23(30-24(36)28-18-14-17(25)6-7-19(18)34-3)32-10-8-31(9-11-32)21(33)20-5-4-12-35-20/h4-7,12-14H,8-11H2,1-3H3,(H2,26,27,28,29,30,36). The fourth-order valence-corrected chi connectivity index (χ4v) is 4.12. The van der Waals surface area contributed by atoms with Crippen LogP contribution in [-0.2, 0) is 0 Å². The number of hydrogen-bond donors (Lipinski definition) is 2. The van der Waals surface area contributed by atoms with E-state index in [1.165, 1.54) is 6.26 Å². The van der Waals surface area contributed by atoms with Crippen molar-refractivity contribution in [2.45, 2.75) is 13.8 Å². The van der Waals surface area contributed by atoms with E-state index in [2.05, 4.69) is 25.6 Å². The Morgan fingerprint density at radius 3 is 2.42 bits per heavy atom. The predicted molar refractivity (Wildman–Crippen MR) is 143 cm³/mol. The lowest BCUT2D eigenvalue weighted by Gasteiger charge is -2.36. The molecule has 2 aromatic heterocycles. The van der Waals surface area contributed by atoms with Crippen LogP contribution in [0.2, 0.25) is 5.02 Å². The van der Waals surface area contributed by atoms with Gasteiger partial charge in [0.1, 0.15) is 5.75 Å². The quantitative estimate of drug-likeness (QED) is 0.296. The van der Waals surface area contributed by atoms with Gasteiger partial charge in [-0.3, -0.25) is 10.1 Å². The number of aromatic nitrogens is 2. The number of carbonyl (C=O) groups is 1. The predicted octanol–water partition coefficient (Wildman–Crippen LogP) is 3.97. The summed E-state index contributed by atoms with van der Waals surface area (Å²) >= 11 is 11.7. The topological polar surface area (TPSA) is 108 Å². The minimum atomic E-state index is -0.144. The molecule has 0 atom stereocenters. The van der Waals surface area contributed by atoms with Crippen LogP contribution in [0.15, 0.2) is 52.1 Å². The summed E-state index contributed by atoms with van der Waals surface area (Å²) < 4.78 is 10.6. The summed E-state index contributed by atoms with van der Waals surface area (Å²) in [4.78, 5) is 30.0. The van der Waals surface area contributed by atoms with Crippen LogP contribution >= 0.6 is 23.8 Å². The molecule has 1 amide bonds. The Hall–Kier alpha value is -3.70. The highest BCUT2D eigenvalue weighted by Gasteiger charge is 2.26. The van der Waals surface area contributed by atoms with Crippen molar-refractivity contribution in [2.24, 2.45) is 4.99 Å². The number of rotatable bonds is 4. The van der Waals surface area contributed by atoms with Crippen LogP contribution in [0.5, 0.6) is 5.75 Å². The van der Waals surface area contributed by atoms with Gasteiger partial charge in [-0.2, -0.15) is 4.99 Å². The molecule has 0 spiro atoms. The molecular weight excluding hydrogens is 502 g/mol. The number of piperazine rings is 1. The number of ether oxygens (including phenoxy) is 1. The summed E-state index contributed by atoms with van der Waals surface area (Å²) in [5.41, 5.74) is 2.24. The number of anilines is 2. The molecule has 2 N–H and O–H groups in total. The highest BCUT2D eigenvalue weighted by Crippen LogP contribution is 2.27. The maximum Gasteiger partial charge on any atom is 0.289 e.